The molecule has 100 valence electrons. The molecule has 0 aromatic heterocycles. The summed E-state index contributed by atoms with van der Waals surface area (Å²) in [6, 6.07) is -0.254. The van der Waals surface area contributed by atoms with E-state index >= 15 is 0 Å². The first-order valence-electron chi connectivity index (χ1n) is 6.75. The third kappa shape index (κ3) is 3.93. The van der Waals surface area contributed by atoms with Crippen LogP contribution in [0.5, 0.6) is 0 Å². The molecular formula is C12H23NO3S. The van der Waals surface area contributed by atoms with Gasteiger partial charge in [-0.15, -0.1) is 0 Å². The SMILES string of the molecule is O=S(=O)(CC1CCCC1)NC1CCCCC1O. The minimum atomic E-state index is -3.21. The molecule has 2 rings (SSSR count). The Kier molecular flexibility index (Phi) is 4.44. The number of hydrogen-bond donors (Lipinski definition) is 2. The van der Waals surface area contributed by atoms with Gasteiger partial charge in [-0.25, -0.2) is 13.1 Å². The summed E-state index contributed by atoms with van der Waals surface area (Å²) in [7, 11) is -3.21. The van der Waals surface area contributed by atoms with Crippen LogP contribution in [0.3, 0.4) is 0 Å². The summed E-state index contributed by atoms with van der Waals surface area (Å²) < 4.78 is 26.7. The number of aliphatic hydroxyl groups is 1. The van der Waals surface area contributed by atoms with Crippen molar-refractivity contribution in [2.24, 2.45) is 5.92 Å². The molecule has 2 unspecified atom stereocenters. The van der Waals surface area contributed by atoms with Crippen LogP contribution in [0.1, 0.15) is 51.4 Å². The lowest BCUT2D eigenvalue weighted by Crippen LogP contribution is -2.46. The van der Waals surface area contributed by atoms with Crippen LogP contribution in [-0.4, -0.2) is 31.4 Å². The highest BCUT2D eigenvalue weighted by atomic mass is 32.2. The predicted octanol–water partition coefficient (Wildman–Crippen LogP) is 1.40. The molecule has 0 aromatic rings. The van der Waals surface area contributed by atoms with Crippen molar-refractivity contribution in [1.29, 1.82) is 0 Å². The van der Waals surface area contributed by atoms with Gasteiger partial charge in [0.25, 0.3) is 0 Å². The monoisotopic (exact) mass is 261 g/mol. The second kappa shape index (κ2) is 5.67. The van der Waals surface area contributed by atoms with Crippen LogP contribution in [0, 0.1) is 5.92 Å². The fourth-order valence-electron chi connectivity index (χ4n) is 3.01. The average Bonchev–Trinajstić information content (AvgIpc) is 2.73. The van der Waals surface area contributed by atoms with Crippen molar-refractivity contribution in [3.05, 3.63) is 0 Å². The summed E-state index contributed by atoms with van der Waals surface area (Å²) in [5.74, 6) is 0.573. The molecular weight excluding hydrogens is 238 g/mol. The lowest BCUT2D eigenvalue weighted by atomic mass is 9.93. The van der Waals surface area contributed by atoms with Crippen LogP contribution in [-0.2, 0) is 10.0 Å². The first-order valence-corrected chi connectivity index (χ1v) is 8.40. The topological polar surface area (TPSA) is 66.4 Å². The molecule has 5 heteroatoms. The molecule has 0 saturated heterocycles. The van der Waals surface area contributed by atoms with Gasteiger partial charge >= 0.3 is 0 Å². The van der Waals surface area contributed by atoms with E-state index in [-0.39, 0.29) is 11.8 Å². The number of nitrogens with one attached hydrogen (secondary N) is 1. The Balaban J connectivity index is 1.87. The van der Waals surface area contributed by atoms with Gasteiger partial charge in [0.15, 0.2) is 0 Å². The lowest BCUT2D eigenvalue weighted by Gasteiger charge is -2.28. The van der Waals surface area contributed by atoms with Crippen molar-refractivity contribution >= 4 is 10.0 Å². The summed E-state index contributed by atoms with van der Waals surface area (Å²) in [6.07, 6.45) is 7.39. The quantitative estimate of drug-likeness (QED) is 0.804. The van der Waals surface area contributed by atoms with Crippen LogP contribution in [0.4, 0.5) is 0 Å². The fraction of sp³-hybridized carbons (Fsp3) is 1.00. The van der Waals surface area contributed by atoms with Gasteiger partial charge < -0.3 is 5.11 Å². The summed E-state index contributed by atoms with van der Waals surface area (Å²) in [5, 5.41) is 9.77. The summed E-state index contributed by atoms with van der Waals surface area (Å²) in [4.78, 5) is 0. The molecule has 0 aromatic carbocycles. The van der Waals surface area contributed by atoms with Crippen LogP contribution >= 0.6 is 0 Å². The molecule has 2 fully saturated rings. The van der Waals surface area contributed by atoms with Crippen LogP contribution < -0.4 is 4.72 Å². The first-order chi connectivity index (χ1) is 8.07. The van der Waals surface area contributed by atoms with E-state index in [0.29, 0.717) is 5.92 Å². The Morgan fingerprint density at radius 2 is 1.59 bits per heavy atom. The van der Waals surface area contributed by atoms with E-state index in [1.165, 1.54) is 0 Å². The highest BCUT2D eigenvalue weighted by molar-refractivity contribution is 7.89. The third-order valence-electron chi connectivity index (χ3n) is 3.99. The maximum absolute atomic E-state index is 12.0. The summed E-state index contributed by atoms with van der Waals surface area (Å²) >= 11 is 0. The molecule has 0 aliphatic heterocycles. The molecule has 2 N–H and O–H groups in total. The molecule has 2 aliphatic carbocycles. The molecule has 0 radical (unpaired) electrons. The zero-order valence-electron chi connectivity index (χ0n) is 10.3. The van der Waals surface area contributed by atoms with Crippen molar-refractivity contribution < 1.29 is 13.5 Å². The second-order valence-corrected chi connectivity index (χ2v) is 7.31. The van der Waals surface area contributed by atoms with E-state index in [0.717, 1.165) is 51.4 Å². The Hall–Kier alpha value is -0.130. The third-order valence-corrected chi connectivity index (χ3v) is 5.56. The second-order valence-electron chi connectivity index (χ2n) is 5.51. The van der Waals surface area contributed by atoms with E-state index < -0.39 is 16.1 Å². The Labute approximate surface area is 104 Å². The largest absolute Gasteiger partial charge is 0.391 e. The number of sulfonamides is 1. The lowest BCUT2D eigenvalue weighted by molar-refractivity contribution is 0.101. The highest BCUT2D eigenvalue weighted by Crippen LogP contribution is 2.26. The van der Waals surface area contributed by atoms with Crippen molar-refractivity contribution in [2.45, 2.75) is 63.5 Å². The van der Waals surface area contributed by atoms with E-state index in [4.69, 9.17) is 0 Å². The Morgan fingerprint density at radius 1 is 1.00 bits per heavy atom. The van der Waals surface area contributed by atoms with Crippen molar-refractivity contribution in [3.63, 3.8) is 0 Å². The van der Waals surface area contributed by atoms with Gasteiger partial charge in [-0.1, -0.05) is 25.7 Å². The maximum atomic E-state index is 12.0. The van der Waals surface area contributed by atoms with Crippen LogP contribution in [0.2, 0.25) is 0 Å². The maximum Gasteiger partial charge on any atom is 0.212 e. The average molecular weight is 261 g/mol. The molecule has 0 bridgehead atoms. The number of aliphatic hydroxyl groups excluding tert-OH is 1. The van der Waals surface area contributed by atoms with Gasteiger partial charge in [0.1, 0.15) is 0 Å². The highest BCUT2D eigenvalue weighted by Gasteiger charge is 2.29. The van der Waals surface area contributed by atoms with E-state index in [1.54, 1.807) is 0 Å². The predicted molar refractivity (Wildman–Crippen MR) is 67.1 cm³/mol. The van der Waals surface area contributed by atoms with Crippen molar-refractivity contribution in [1.82, 2.24) is 4.72 Å². The van der Waals surface area contributed by atoms with E-state index in [9.17, 15) is 13.5 Å². The molecule has 2 saturated carbocycles. The summed E-state index contributed by atoms with van der Waals surface area (Å²) in [6.45, 7) is 0. The standard InChI is InChI=1S/C12H23NO3S/c14-12-8-4-3-7-11(12)13-17(15,16)9-10-5-1-2-6-10/h10-14H,1-9H2. The number of rotatable bonds is 4. The van der Waals surface area contributed by atoms with Gasteiger partial charge in [-0.2, -0.15) is 0 Å². The minimum absolute atomic E-state index is 0.246. The van der Waals surface area contributed by atoms with Crippen LogP contribution in [0.25, 0.3) is 0 Å². The molecule has 0 spiro atoms. The smallest absolute Gasteiger partial charge is 0.212 e. The normalized spacial score (nSPS) is 31.8. The molecule has 2 atom stereocenters. The Bertz CT molecular complexity index is 336. The zero-order chi connectivity index (χ0) is 12.3. The molecule has 2 aliphatic rings. The van der Waals surface area contributed by atoms with Gasteiger partial charge in [0.2, 0.25) is 10.0 Å². The first kappa shape index (κ1) is 13.3. The zero-order valence-corrected chi connectivity index (χ0v) is 11.1. The Morgan fingerprint density at radius 3 is 2.24 bits per heavy atom. The summed E-state index contributed by atoms with van der Waals surface area (Å²) in [5.41, 5.74) is 0. The van der Waals surface area contributed by atoms with Crippen molar-refractivity contribution in [2.75, 3.05) is 5.75 Å². The van der Waals surface area contributed by atoms with Gasteiger partial charge in [0.05, 0.1) is 11.9 Å². The molecule has 0 heterocycles. The van der Waals surface area contributed by atoms with E-state index in [1.807, 2.05) is 0 Å². The van der Waals surface area contributed by atoms with E-state index in [2.05, 4.69) is 4.72 Å². The number of hydrogen-bond acceptors (Lipinski definition) is 3. The van der Waals surface area contributed by atoms with Gasteiger partial charge in [0, 0.05) is 6.04 Å². The van der Waals surface area contributed by atoms with Gasteiger partial charge in [-0.3, -0.25) is 0 Å². The van der Waals surface area contributed by atoms with Crippen molar-refractivity contribution in [3.8, 4) is 0 Å². The molecule has 0 amide bonds. The minimum Gasteiger partial charge on any atom is -0.391 e. The van der Waals surface area contributed by atoms with Gasteiger partial charge in [-0.05, 0) is 31.6 Å². The van der Waals surface area contributed by atoms with Crippen LogP contribution in [0.15, 0.2) is 0 Å². The fourth-order valence-corrected chi connectivity index (χ4v) is 4.80. The molecule has 4 nitrogen and oxygen atoms in total. The molecule has 17 heavy (non-hydrogen) atoms.